The number of hydrogen-bond acceptors (Lipinski definition) is 4. The maximum atomic E-state index is 13.6. The van der Waals surface area contributed by atoms with E-state index in [9.17, 15) is 14.4 Å². The first-order chi connectivity index (χ1) is 16.0. The van der Waals surface area contributed by atoms with E-state index in [1.54, 1.807) is 54.6 Å². The van der Waals surface area contributed by atoms with Crippen LogP contribution < -0.4 is 20.3 Å². The minimum absolute atomic E-state index is 0.210. The van der Waals surface area contributed by atoms with E-state index in [0.717, 1.165) is 5.56 Å². The van der Waals surface area contributed by atoms with Crippen molar-refractivity contribution in [2.24, 2.45) is 0 Å². The number of ether oxygens (including phenoxy) is 1. The number of rotatable bonds is 6. The van der Waals surface area contributed by atoms with Crippen LogP contribution in [-0.2, 0) is 9.59 Å². The van der Waals surface area contributed by atoms with Gasteiger partial charge in [0.1, 0.15) is 11.8 Å². The van der Waals surface area contributed by atoms with E-state index < -0.39 is 17.9 Å². The van der Waals surface area contributed by atoms with Gasteiger partial charge in [-0.05, 0) is 49.7 Å². The summed E-state index contributed by atoms with van der Waals surface area (Å²) in [6, 6.07) is 20.4. The molecular formula is C26H25N3O4. The van der Waals surface area contributed by atoms with E-state index in [2.05, 4.69) is 10.6 Å². The third kappa shape index (κ3) is 4.57. The summed E-state index contributed by atoms with van der Waals surface area (Å²) < 4.78 is 5.57. The Balaban J connectivity index is 1.66. The van der Waals surface area contributed by atoms with Gasteiger partial charge in [-0.25, -0.2) is 0 Å². The summed E-state index contributed by atoms with van der Waals surface area (Å²) in [5.74, 6) is -0.601. The van der Waals surface area contributed by atoms with Crippen LogP contribution in [0.4, 0.5) is 17.1 Å². The molecule has 0 aliphatic carbocycles. The van der Waals surface area contributed by atoms with E-state index in [-0.39, 0.29) is 12.3 Å². The zero-order chi connectivity index (χ0) is 23.4. The number of carbonyl (C=O) groups excluding carboxylic acids is 3. The molecule has 0 fully saturated rings. The summed E-state index contributed by atoms with van der Waals surface area (Å²) in [7, 11) is 0. The van der Waals surface area contributed by atoms with Crippen molar-refractivity contribution in [1.82, 2.24) is 0 Å². The van der Waals surface area contributed by atoms with Gasteiger partial charge in [0, 0.05) is 5.56 Å². The average molecular weight is 444 g/mol. The van der Waals surface area contributed by atoms with Gasteiger partial charge in [-0.1, -0.05) is 42.5 Å². The Kier molecular flexibility index (Phi) is 6.40. The van der Waals surface area contributed by atoms with Gasteiger partial charge in [0.05, 0.1) is 30.1 Å². The van der Waals surface area contributed by atoms with Crippen LogP contribution in [0.1, 0.15) is 29.3 Å². The van der Waals surface area contributed by atoms with Crippen LogP contribution >= 0.6 is 0 Å². The molecule has 0 saturated carbocycles. The van der Waals surface area contributed by atoms with Gasteiger partial charge in [0.25, 0.3) is 5.91 Å². The van der Waals surface area contributed by atoms with Gasteiger partial charge < -0.3 is 15.4 Å². The number of hydrogen-bond donors (Lipinski definition) is 2. The van der Waals surface area contributed by atoms with Crippen molar-refractivity contribution in [3.8, 4) is 5.75 Å². The van der Waals surface area contributed by atoms with Gasteiger partial charge in [0.2, 0.25) is 11.8 Å². The molecule has 7 heteroatoms. The number of amides is 3. The minimum atomic E-state index is -1.01. The van der Waals surface area contributed by atoms with Crippen LogP contribution in [-0.4, -0.2) is 30.4 Å². The van der Waals surface area contributed by atoms with Crippen molar-refractivity contribution in [1.29, 1.82) is 0 Å². The predicted octanol–water partition coefficient (Wildman–Crippen LogP) is 4.39. The maximum Gasteiger partial charge on any atom is 0.259 e. The minimum Gasteiger partial charge on any atom is -0.492 e. The van der Waals surface area contributed by atoms with Gasteiger partial charge in [-0.3, -0.25) is 19.3 Å². The molecule has 0 spiro atoms. The predicted molar refractivity (Wildman–Crippen MR) is 128 cm³/mol. The molecule has 0 radical (unpaired) electrons. The van der Waals surface area contributed by atoms with Crippen LogP contribution in [0.5, 0.6) is 5.75 Å². The Morgan fingerprint density at radius 2 is 1.70 bits per heavy atom. The Morgan fingerprint density at radius 1 is 1.00 bits per heavy atom. The van der Waals surface area contributed by atoms with Crippen molar-refractivity contribution >= 4 is 34.8 Å². The zero-order valence-electron chi connectivity index (χ0n) is 18.5. The lowest BCUT2D eigenvalue weighted by Crippen LogP contribution is -2.52. The molecule has 3 aromatic rings. The molecule has 0 unspecified atom stereocenters. The Labute approximate surface area is 192 Å². The fourth-order valence-electron chi connectivity index (χ4n) is 3.90. The number of nitrogens with zero attached hydrogens (tertiary/aromatic N) is 1. The molecule has 0 aromatic heterocycles. The molecule has 1 aliphatic heterocycles. The third-order valence-electron chi connectivity index (χ3n) is 5.47. The quantitative estimate of drug-likeness (QED) is 0.592. The number of fused-ring (bicyclic) bond motifs is 1. The number of aryl methyl sites for hydroxylation is 1. The average Bonchev–Trinajstić information content (AvgIpc) is 2.81. The zero-order valence-corrected chi connectivity index (χ0v) is 18.5. The first kappa shape index (κ1) is 22.1. The summed E-state index contributed by atoms with van der Waals surface area (Å²) in [5, 5.41) is 5.64. The van der Waals surface area contributed by atoms with Crippen molar-refractivity contribution in [2.45, 2.75) is 26.3 Å². The highest BCUT2D eigenvalue weighted by molar-refractivity contribution is 6.18. The fraction of sp³-hybridized carbons (Fsp3) is 0.192. The molecule has 2 N–H and O–H groups in total. The number of nitrogens with one attached hydrogen (secondary N) is 2. The second-order valence-corrected chi connectivity index (χ2v) is 7.69. The Bertz CT molecular complexity index is 1210. The lowest BCUT2D eigenvalue weighted by atomic mass is 10.0. The fourth-order valence-corrected chi connectivity index (χ4v) is 3.90. The monoisotopic (exact) mass is 443 g/mol. The molecule has 7 nitrogen and oxygen atoms in total. The highest BCUT2D eigenvalue weighted by Crippen LogP contribution is 2.35. The van der Waals surface area contributed by atoms with E-state index in [0.29, 0.717) is 35.0 Å². The van der Waals surface area contributed by atoms with Crippen molar-refractivity contribution < 1.29 is 19.1 Å². The van der Waals surface area contributed by atoms with Crippen LogP contribution in [0.15, 0.2) is 72.8 Å². The standard InChI is InChI=1S/C26H25N3O4/c1-3-33-23-15-9-7-13-20(23)27-24(30)16-22-25(31)28-19-12-6-8-14-21(19)29(22)26(32)18-11-5-4-10-17(18)2/h4-15,22H,3,16H2,1-2H3,(H,27,30)(H,28,31)/t22-/m0/s1. The Morgan fingerprint density at radius 3 is 2.48 bits per heavy atom. The number of para-hydroxylation sites is 4. The van der Waals surface area contributed by atoms with Crippen LogP contribution in [0.25, 0.3) is 0 Å². The van der Waals surface area contributed by atoms with E-state index in [4.69, 9.17) is 4.74 Å². The second kappa shape index (κ2) is 9.56. The molecular weight excluding hydrogens is 418 g/mol. The van der Waals surface area contributed by atoms with Crippen LogP contribution in [0.2, 0.25) is 0 Å². The summed E-state index contributed by atoms with van der Waals surface area (Å²) in [6.45, 7) is 4.15. The molecule has 1 aliphatic rings. The molecule has 33 heavy (non-hydrogen) atoms. The van der Waals surface area contributed by atoms with E-state index in [1.807, 2.05) is 32.0 Å². The molecule has 168 valence electrons. The molecule has 3 aromatic carbocycles. The lowest BCUT2D eigenvalue weighted by Gasteiger charge is -2.36. The first-order valence-corrected chi connectivity index (χ1v) is 10.8. The number of benzene rings is 3. The highest BCUT2D eigenvalue weighted by Gasteiger charge is 2.39. The highest BCUT2D eigenvalue weighted by atomic mass is 16.5. The smallest absolute Gasteiger partial charge is 0.259 e. The van der Waals surface area contributed by atoms with Gasteiger partial charge in [-0.2, -0.15) is 0 Å². The lowest BCUT2D eigenvalue weighted by molar-refractivity contribution is -0.122. The SMILES string of the molecule is CCOc1ccccc1NC(=O)C[C@H]1C(=O)Nc2ccccc2N1C(=O)c1ccccc1C. The van der Waals surface area contributed by atoms with Gasteiger partial charge >= 0.3 is 0 Å². The number of anilines is 3. The van der Waals surface area contributed by atoms with E-state index >= 15 is 0 Å². The van der Waals surface area contributed by atoms with Crippen molar-refractivity contribution in [3.05, 3.63) is 83.9 Å². The maximum absolute atomic E-state index is 13.6. The summed E-state index contributed by atoms with van der Waals surface area (Å²) in [6.07, 6.45) is -0.210. The Hall–Kier alpha value is -4.13. The van der Waals surface area contributed by atoms with E-state index in [1.165, 1.54) is 4.90 Å². The summed E-state index contributed by atoms with van der Waals surface area (Å²) in [4.78, 5) is 41.1. The molecule has 0 bridgehead atoms. The molecule has 4 rings (SSSR count). The topological polar surface area (TPSA) is 87.7 Å². The van der Waals surface area contributed by atoms with Gasteiger partial charge in [-0.15, -0.1) is 0 Å². The van der Waals surface area contributed by atoms with Crippen LogP contribution in [0, 0.1) is 6.92 Å². The molecule has 3 amide bonds. The normalized spacial score (nSPS) is 14.8. The number of carbonyl (C=O) groups is 3. The molecule has 1 atom stereocenters. The van der Waals surface area contributed by atoms with Crippen LogP contribution in [0.3, 0.4) is 0 Å². The molecule has 0 saturated heterocycles. The van der Waals surface area contributed by atoms with Crippen molar-refractivity contribution in [2.75, 3.05) is 22.1 Å². The largest absolute Gasteiger partial charge is 0.492 e. The van der Waals surface area contributed by atoms with Gasteiger partial charge in [0.15, 0.2) is 0 Å². The third-order valence-corrected chi connectivity index (χ3v) is 5.47. The molecule has 1 heterocycles. The summed E-state index contributed by atoms with van der Waals surface area (Å²) in [5.41, 5.74) is 2.87. The first-order valence-electron chi connectivity index (χ1n) is 10.8. The second-order valence-electron chi connectivity index (χ2n) is 7.69. The summed E-state index contributed by atoms with van der Waals surface area (Å²) >= 11 is 0. The van der Waals surface area contributed by atoms with Crippen molar-refractivity contribution in [3.63, 3.8) is 0 Å².